The summed E-state index contributed by atoms with van der Waals surface area (Å²) in [5.41, 5.74) is 11.2. The smallest absolute Gasteiger partial charge is 0.217 e. The van der Waals surface area contributed by atoms with Crippen molar-refractivity contribution >= 4 is 23.6 Å². The van der Waals surface area contributed by atoms with Gasteiger partial charge in [0, 0.05) is 40.3 Å². The van der Waals surface area contributed by atoms with Gasteiger partial charge in [-0.3, -0.25) is 19.2 Å². The van der Waals surface area contributed by atoms with Crippen LogP contribution in [0.1, 0.15) is 124 Å². The molecule has 37 N–H and O–H groups in total. The van der Waals surface area contributed by atoms with E-state index in [1.165, 1.54) is 27.7 Å². The fourth-order valence-electron chi connectivity index (χ4n) is 14.2. The quantitative estimate of drug-likeness (QED) is 0.0966. The Hall–Kier alpha value is -3.76. The number of aliphatic hydroxyl groups excluding tert-OH is 29. The lowest BCUT2D eigenvalue weighted by Gasteiger charge is -2.41. The highest BCUT2D eigenvalue weighted by Gasteiger charge is 2.49. The third-order valence-corrected chi connectivity index (χ3v) is 22.4. The van der Waals surface area contributed by atoms with Crippen molar-refractivity contribution in [1.82, 2.24) is 21.3 Å². The summed E-state index contributed by atoms with van der Waals surface area (Å²) in [5, 5.41) is 278. The lowest BCUT2D eigenvalue weighted by Crippen LogP contribution is -2.63. The number of hydrogen-bond donors (Lipinski definition) is 35. The maximum atomic E-state index is 10.9. The van der Waals surface area contributed by atoms with E-state index in [2.05, 4.69) is 21.3 Å². The number of amides is 4. The lowest BCUT2D eigenvalue weighted by molar-refractivity contribution is -0.224. The van der Waals surface area contributed by atoms with Crippen molar-refractivity contribution in [1.29, 1.82) is 0 Å². The van der Waals surface area contributed by atoms with Gasteiger partial charge in [0.15, 0.2) is 0 Å². The Morgan fingerprint density at radius 3 is 0.825 bits per heavy atom. The Balaban J connectivity index is 0.000000702. The van der Waals surface area contributed by atoms with Crippen molar-refractivity contribution in [2.75, 3.05) is 46.2 Å². The zero-order chi connectivity index (χ0) is 97.6. The van der Waals surface area contributed by atoms with Crippen molar-refractivity contribution in [2.24, 2.45) is 11.5 Å². The van der Waals surface area contributed by atoms with E-state index in [-0.39, 0.29) is 112 Å². The van der Waals surface area contributed by atoms with E-state index < -0.39 is 250 Å². The minimum Gasteiger partial charge on any atom is -0.394 e. The zero-order valence-electron chi connectivity index (χ0n) is 74.2. The molecule has 10 aliphatic rings. The van der Waals surface area contributed by atoms with Crippen molar-refractivity contribution < 1.29 is 215 Å². The molecule has 126 heavy (non-hydrogen) atoms. The Labute approximate surface area is 731 Å². The van der Waals surface area contributed by atoms with Crippen LogP contribution in [-0.4, -0.2) is 511 Å². The molecule has 748 valence electrons. The number of rotatable bonds is 10. The summed E-state index contributed by atoms with van der Waals surface area (Å²) in [6.45, 7) is 25.7. The van der Waals surface area contributed by atoms with Crippen LogP contribution in [0.15, 0.2) is 0 Å². The highest BCUT2D eigenvalue weighted by atomic mass is 16.6. The summed E-state index contributed by atoms with van der Waals surface area (Å²) in [6, 6.07) is -2.80. The molecule has 10 heterocycles. The first-order chi connectivity index (χ1) is 58.3. The largest absolute Gasteiger partial charge is 0.394 e. The number of nitrogens with one attached hydrogen (secondary N) is 4. The molecule has 0 radical (unpaired) electrons. The third kappa shape index (κ3) is 36.6. The van der Waals surface area contributed by atoms with Crippen LogP contribution >= 0.6 is 0 Å². The molecule has 0 aromatic rings. The van der Waals surface area contributed by atoms with Crippen molar-refractivity contribution in [3.8, 4) is 0 Å². The van der Waals surface area contributed by atoms with Crippen LogP contribution in [0.5, 0.6) is 0 Å². The molecular weight excluding hydrogens is 1700 g/mol. The standard InChI is InChI=1S/3C9H17NO5.C9H17NO4.C7H15NO3.C7H15NO2.3C7H14O5.C6H12O4/c1-4-8(13)7(10-5(2)12)9(14)6(3-11)15-4;1-4-7(10-5(2)12)9(14)8(13)6(3-11)15-4;1-4-7(12)9(14)8(13)6(15-4)3-10-5(2)11;1-4-8(12)7(10-6(3)11)9(13)5(2)14-4;1-3-6(9)5(8)7(10)4(2)11-3;1-4-3-6(8)7(9)5(2)10-4;3*1-3-5(9)7(11)6(10)4(2-8)12-3;1-3-5(8)6(9)4(7)2-10-3/h2*4,6-9,11,13-14H,3H2,1-2H3,(H,10,12);4,6-9,12-14H,3H2,1-2H3,(H,10,11);4-5,7-9,12-13H,1-3H3,(H,10,11);3-7,9-10H,8H2,1-2H3;4-7,9H,3,8H2,1-2H3;3*3-11H,2H2,1H3;3-9H,2H2,1H3/t4-,6?,7+,8?,9+;2*4-,6?,7?,8+,9+;4-,5?,7?,8?,9+;3-,4?,5?,6?,7+;4?,5-,6-,7?;3-,4?,5?,6+,7+;2*3-,4?,5?,6-,7+;3-,4+,5?,6-/m0000000000/s1. The minimum absolute atomic E-state index is 0.0966. The number of nitrogens with two attached hydrogens (primary N) is 2. The molecular formula is C77H152N6O43. The summed E-state index contributed by atoms with van der Waals surface area (Å²) in [6.07, 6.45) is -34.2. The third-order valence-electron chi connectivity index (χ3n) is 22.4. The number of carbonyl (C=O) groups excluding carboxylic acids is 4. The Bertz CT molecular complexity index is 2850. The van der Waals surface area contributed by atoms with Crippen molar-refractivity contribution in [3.63, 3.8) is 0 Å². The molecule has 21 unspecified atom stereocenters. The van der Waals surface area contributed by atoms with Gasteiger partial charge in [-0.2, -0.15) is 0 Å². The second-order valence-electron chi connectivity index (χ2n) is 32.9. The molecule has 0 spiro atoms. The summed E-state index contributed by atoms with van der Waals surface area (Å²) >= 11 is 0. The lowest BCUT2D eigenvalue weighted by atomic mass is 9.93. The molecule has 49 nitrogen and oxygen atoms in total. The van der Waals surface area contributed by atoms with Gasteiger partial charge in [0.25, 0.3) is 0 Å². The van der Waals surface area contributed by atoms with E-state index in [0.717, 1.165) is 6.42 Å². The topological polar surface area (TPSA) is 847 Å². The first-order valence-corrected chi connectivity index (χ1v) is 41.8. The fourth-order valence-corrected chi connectivity index (χ4v) is 14.2. The molecule has 0 aromatic heterocycles. The Morgan fingerprint density at radius 2 is 0.516 bits per heavy atom. The molecule has 4 amide bonds. The van der Waals surface area contributed by atoms with Crippen molar-refractivity contribution in [2.45, 2.75) is 417 Å². The van der Waals surface area contributed by atoms with Gasteiger partial charge in [0.05, 0.1) is 161 Å². The van der Waals surface area contributed by atoms with Gasteiger partial charge >= 0.3 is 0 Å². The van der Waals surface area contributed by atoms with Gasteiger partial charge in [-0.25, -0.2) is 0 Å². The molecule has 10 saturated heterocycles. The average molecular weight is 1850 g/mol. The monoisotopic (exact) mass is 1850 g/mol. The van der Waals surface area contributed by atoms with Gasteiger partial charge in [-0.05, 0) is 96.4 Å². The molecule has 0 saturated carbocycles. The second-order valence-corrected chi connectivity index (χ2v) is 32.9. The highest BCUT2D eigenvalue weighted by molar-refractivity contribution is 5.74. The molecule has 0 aromatic carbocycles. The van der Waals surface area contributed by atoms with E-state index >= 15 is 0 Å². The van der Waals surface area contributed by atoms with Gasteiger partial charge in [-0.1, -0.05) is 0 Å². The van der Waals surface area contributed by atoms with Crippen LogP contribution in [0, 0.1) is 0 Å². The zero-order valence-corrected chi connectivity index (χ0v) is 74.2. The summed E-state index contributed by atoms with van der Waals surface area (Å²) < 4.78 is 51.5. The predicted octanol–water partition coefficient (Wildman–Crippen LogP) is -16.3. The molecule has 48 atom stereocenters. The van der Waals surface area contributed by atoms with Crippen LogP contribution in [0.4, 0.5) is 0 Å². The molecule has 10 rings (SSSR count). The number of ether oxygens (including phenoxy) is 10. The summed E-state index contributed by atoms with van der Waals surface area (Å²) in [5.74, 6) is -1.15. The van der Waals surface area contributed by atoms with E-state index in [1.807, 2.05) is 13.8 Å². The second kappa shape index (κ2) is 57.7. The van der Waals surface area contributed by atoms with E-state index in [4.69, 9.17) is 99.7 Å². The molecule has 0 aliphatic carbocycles. The van der Waals surface area contributed by atoms with Gasteiger partial charge in [-0.15, -0.1) is 0 Å². The Morgan fingerprint density at radius 1 is 0.262 bits per heavy atom. The summed E-state index contributed by atoms with van der Waals surface area (Å²) in [7, 11) is 0. The van der Waals surface area contributed by atoms with Gasteiger partial charge < -0.3 is 228 Å². The summed E-state index contributed by atoms with van der Waals surface area (Å²) in [4.78, 5) is 43.2. The van der Waals surface area contributed by atoms with Crippen molar-refractivity contribution in [3.05, 3.63) is 0 Å². The molecule has 10 aliphatic heterocycles. The first kappa shape index (κ1) is 120. The predicted molar refractivity (Wildman–Crippen MR) is 433 cm³/mol. The first-order valence-electron chi connectivity index (χ1n) is 41.8. The number of carbonyl (C=O) groups is 4. The van der Waals surface area contributed by atoms with Crippen LogP contribution in [0.3, 0.4) is 0 Å². The minimum atomic E-state index is -1.24. The van der Waals surface area contributed by atoms with E-state index in [1.54, 1.807) is 76.2 Å². The van der Waals surface area contributed by atoms with Crippen LogP contribution in [-0.2, 0) is 66.5 Å². The van der Waals surface area contributed by atoms with Crippen LogP contribution in [0.25, 0.3) is 0 Å². The van der Waals surface area contributed by atoms with Crippen LogP contribution in [0.2, 0.25) is 0 Å². The number of hydrogen-bond acceptors (Lipinski definition) is 45. The normalized spacial score (nSPS) is 46.0. The molecule has 10 fully saturated rings. The maximum absolute atomic E-state index is 10.9. The average Bonchev–Trinajstić information content (AvgIpc) is 0.820. The van der Waals surface area contributed by atoms with Crippen LogP contribution < -0.4 is 32.7 Å². The van der Waals surface area contributed by atoms with Gasteiger partial charge in [0.2, 0.25) is 23.6 Å². The fraction of sp³-hybridized carbons (Fsp3) is 0.948. The highest BCUT2D eigenvalue weighted by Crippen LogP contribution is 2.28. The molecule has 0 bridgehead atoms. The Kier molecular flexibility index (Phi) is 55.1. The number of aliphatic hydroxyl groups is 29. The van der Waals surface area contributed by atoms with E-state index in [9.17, 15) is 126 Å². The molecule has 49 heteroatoms. The van der Waals surface area contributed by atoms with E-state index in [0.29, 0.717) is 0 Å². The SMILES string of the molecule is CC(=O)NC1C(O)[C@H](C)OC(C)[C@H]1O.CC(=O)NC1[C@H](C)OC(CO)[C@@H](O)[C@@H]1O.CC(=O)NCC1O[C@@H](C)C(O)[C@@H](O)[C@@H]1O.CC(=O)N[C@@H]1C(O)[C@H](C)OC(CO)[C@H]1O.CC1C[C@H](N)C(O)[C@H](C)O1.CC1O[C@@H](C)C(O)C(N)[C@@H]1O.C[C@@H]1OC(CO)[C@@H](O)[C@H](O)C1O.C[C@@H]1OC(CO)[C@H](O)[C@H](O)C1O.C[C@@H]1OC(CO)[C@H](O)[C@H](O)C1O.C[C@@H]1OC[C@@H](O)[C@H](O)C1O. The van der Waals surface area contributed by atoms with Gasteiger partial charge in [0.1, 0.15) is 165 Å². The maximum Gasteiger partial charge on any atom is 0.217 e.